The Bertz CT molecular complexity index is 591. The standard InChI is InChI=1S/C15H13O2S.Li/c1-11-6-8-12(9-7-11)18(16)15-5-3-2-4-13(15)14-10-17-14;/h2-9H,10H2,1H3;/q-1;+1. The molecular weight excluding hydrogens is 251 g/mol. The predicted molar refractivity (Wildman–Crippen MR) is 70.6 cm³/mol. The molecule has 1 aliphatic rings. The average molecular weight is 264 g/mol. The molecule has 1 fully saturated rings. The number of epoxide rings is 1. The number of hydrogen-bond donors (Lipinski definition) is 0. The molecule has 2 nitrogen and oxygen atoms in total. The van der Waals surface area contributed by atoms with Crippen LogP contribution in [0.2, 0.25) is 0 Å². The Labute approximate surface area is 127 Å². The fourth-order valence-corrected chi connectivity index (χ4v) is 3.06. The van der Waals surface area contributed by atoms with Crippen molar-refractivity contribution in [3.05, 3.63) is 65.8 Å². The molecule has 92 valence electrons. The second-order valence-corrected chi connectivity index (χ2v) is 5.74. The van der Waals surface area contributed by atoms with Crippen molar-refractivity contribution in [2.45, 2.75) is 16.7 Å². The Kier molecular flexibility index (Phi) is 4.54. The first kappa shape index (κ1) is 14.4. The molecule has 0 aliphatic carbocycles. The van der Waals surface area contributed by atoms with Gasteiger partial charge in [0.15, 0.2) is 0 Å². The summed E-state index contributed by atoms with van der Waals surface area (Å²) in [7, 11) is -1.15. The van der Waals surface area contributed by atoms with Crippen molar-refractivity contribution in [3.8, 4) is 0 Å². The van der Waals surface area contributed by atoms with Crippen LogP contribution >= 0.6 is 0 Å². The van der Waals surface area contributed by atoms with E-state index in [4.69, 9.17) is 4.74 Å². The first-order valence-electron chi connectivity index (χ1n) is 5.82. The topological polar surface area (TPSA) is 29.6 Å². The van der Waals surface area contributed by atoms with Crippen LogP contribution in [-0.4, -0.2) is 10.8 Å². The summed E-state index contributed by atoms with van der Waals surface area (Å²) in [6.45, 7) is 2.68. The third-order valence-electron chi connectivity index (χ3n) is 2.91. The van der Waals surface area contributed by atoms with Gasteiger partial charge in [-0.3, -0.25) is 4.21 Å². The Hall–Kier alpha value is -0.983. The summed E-state index contributed by atoms with van der Waals surface area (Å²) in [4.78, 5) is 1.66. The molecule has 0 radical (unpaired) electrons. The Balaban J connectivity index is 0.00000133. The summed E-state index contributed by atoms with van der Waals surface area (Å²) in [6.07, 6.45) is 0.936. The third-order valence-corrected chi connectivity index (χ3v) is 4.37. The first-order valence-corrected chi connectivity index (χ1v) is 6.97. The van der Waals surface area contributed by atoms with Gasteiger partial charge in [0, 0.05) is 22.3 Å². The molecule has 1 atom stereocenters. The van der Waals surface area contributed by atoms with Crippen LogP contribution in [0.1, 0.15) is 11.1 Å². The van der Waals surface area contributed by atoms with Crippen LogP contribution in [0.25, 0.3) is 0 Å². The van der Waals surface area contributed by atoms with E-state index >= 15 is 0 Å². The van der Waals surface area contributed by atoms with E-state index in [0.29, 0.717) is 6.61 Å². The maximum Gasteiger partial charge on any atom is 1.00 e. The molecule has 0 amide bonds. The summed E-state index contributed by atoms with van der Waals surface area (Å²) in [5.41, 5.74) is 2.14. The molecule has 19 heavy (non-hydrogen) atoms. The number of hydrogen-bond acceptors (Lipinski definition) is 2. The molecule has 0 spiro atoms. The molecule has 0 aromatic heterocycles. The average Bonchev–Trinajstić information content (AvgIpc) is 3.23. The van der Waals surface area contributed by atoms with Crippen molar-refractivity contribution in [2.75, 3.05) is 6.61 Å². The first-order chi connectivity index (χ1) is 8.75. The van der Waals surface area contributed by atoms with Gasteiger partial charge < -0.3 is 4.74 Å². The van der Waals surface area contributed by atoms with Crippen molar-refractivity contribution in [1.29, 1.82) is 0 Å². The van der Waals surface area contributed by atoms with Gasteiger partial charge in [-0.25, -0.2) is 0 Å². The third kappa shape index (κ3) is 3.13. The van der Waals surface area contributed by atoms with Crippen molar-refractivity contribution >= 4 is 10.8 Å². The number of benzene rings is 2. The van der Waals surface area contributed by atoms with Crippen LogP contribution in [0.3, 0.4) is 0 Å². The molecule has 0 N–H and O–H groups in total. The minimum atomic E-state index is -1.15. The van der Waals surface area contributed by atoms with Gasteiger partial charge in [-0.1, -0.05) is 28.7 Å². The monoisotopic (exact) mass is 264 g/mol. The minimum absolute atomic E-state index is 0. The molecule has 2 aromatic rings. The molecule has 0 bridgehead atoms. The van der Waals surface area contributed by atoms with Crippen LogP contribution in [0.4, 0.5) is 0 Å². The van der Waals surface area contributed by atoms with E-state index in [0.717, 1.165) is 21.5 Å². The normalized spacial score (nSPS) is 14.7. The van der Waals surface area contributed by atoms with Crippen molar-refractivity contribution < 1.29 is 27.8 Å². The summed E-state index contributed by atoms with van der Waals surface area (Å²) < 4.78 is 17.8. The number of ether oxygens (including phenoxy) is 1. The molecule has 1 aliphatic heterocycles. The van der Waals surface area contributed by atoms with Gasteiger partial charge in [0.25, 0.3) is 0 Å². The molecule has 3 rings (SSSR count). The molecule has 2 aromatic carbocycles. The van der Waals surface area contributed by atoms with E-state index in [1.807, 2.05) is 55.5 Å². The van der Waals surface area contributed by atoms with Crippen LogP contribution in [0.5, 0.6) is 0 Å². The van der Waals surface area contributed by atoms with E-state index < -0.39 is 10.8 Å². The SMILES string of the molecule is Cc1ccc(S(=O)c2ccccc2[C-]2CO2)cc1.[Li+]. The smallest absolute Gasteiger partial charge is 0.414 e. The van der Waals surface area contributed by atoms with E-state index in [2.05, 4.69) is 0 Å². The van der Waals surface area contributed by atoms with Gasteiger partial charge in [0.1, 0.15) is 0 Å². The minimum Gasteiger partial charge on any atom is -0.414 e. The number of aryl methyl sites for hydroxylation is 1. The molecule has 1 unspecified atom stereocenters. The zero-order chi connectivity index (χ0) is 12.5. The Morgan fingerprint density at radius 1 is 1.11 bits per heavy atom. The Morgan fingerprint density at radius 2 is 1.74 bits per heavy atom. The summed E-state index contributed by atoms with van der Waals surface area (Å²) in [6, 6.07) is 15.5. The summed E-state index contributed by atoms with van der Waals surface area (Å²) in [5, 5.41) is 0. The van der Waals surface area contributed by atoms with Gasteiger partial charge in [-0.05, 0) is 25.2 Å². The largest absolute Gasteiger partial charge is 1.00 e. The Morgan fingerprint density at radius 3 is 2.37 bits per heavy atom. The zero-order valence-corrected chi connectivity index (χ0v) is 11.9. The summed E-state index contributed by atoms with van der Waals surface area (Å²) >= 11 is 0. The zero-order valence-electron chi connectivity index (χ0n) is 11.1. The maximum atomic E-state index is 12.6. The maximum absolute atomic E-state index is 12.6. The van der Waals surface area contributed by atoms with Crippen LogP contribution in [-0.2, 0) is 15.5 Å². The fraction of sp³-hybridized carbons (Fsp3) is 0.133. The predicted octanol–water partition coefficient (Wildman–Crippen LogP) is 0.0760. The van der Waals surface area contributed by atoms with E-state index in [1.165, 1.54) is 5.56 Å². The van der Waals surface area contributed by atoms with Gasteiger partial charge in [-0.2, -0.15) is 6.07 Å². The van der Waals surface area contributed by atoms with Gasteiger partial charge in [0.05, 0.1) is 0 Å². The molecule has 1 saturated heterocycles. The fourth-order valence-electron chi connectivity index (χ4n) is 1.84. The molecular formula is C15H13LiO2S. The molecule has 1 heterocycles. The van der Waals surface area contributed by atoms with Crippen LogP contribution in [0, 0.1) is 13.0 Å². The van der Waals surface area contributed by atoms with Crippen LogP contribution in [0.15, 0.2) is 58.3 Å². The van der Waals surface area contributed by atoms with E-state index in [-0.39, 0.29) is 18.9 Å². The summed E-state index contributed by atoms with van der Waals surface area (Å²) in [5.74, 6) is 0. The second kappa shape index (κ2) is 5.98. The quantitative estimate of drug-likeness (QED) is 0.446. The van der Waals surface area contributed by atoms with Crippen LogP contribution < -0.4 is 18.9 Å². The molecule has 0 saturated carbocycles. The van der Waals surface area contributed by atoms with Crippen molar-refractivity contribution in [2.24, 2.45) is 0 Å². The van der Waals surface area contributed by atoms with Gasteiger partial charge in [-0.15, -0.1) is 17.7 Å². The van der Waals surface area contributed by atoms with Crippen molar-refractivity contribution in [3.63, 3.8) is 0 Å². The molecule has 4 heteroatoms. The van der Waals surface area contributed by atoms with E-state index in [9.17, 15) is 4.21 Å². The second-order valence-electron chi connectivity index (χ2n) is 4.29. The number of rotatable bonds is 3. The van der Waals surface area contributed by atoms with Crippen molar-refractivity contribution in [1.82, 2.24) is 0 Å². The van der Waals surface area contributed by atoms with E-state index in [1.54, 1.807) is 0 Å². The van der Waals surface area contributed by atoms with Gasteiger partial charge in [0.2, 0.25) is 0 Å². The van der Waals surface area contributed by atoms with Gasteiger partial charge >= 0.3 is 18.9 Å².